The zero-order valence-electron chi connectivity index (χ0n) is 15.9. The van der Waals surface area contributed by atoms with Crippen molar-refractivity contribution in [3.05, 3.63) is 89.7 Å². The van der Waals surface area contributed by atoms with Crippen LogP contribution in [0.1, 0.15) is 28.4 Å². The predicted molar refractivity (Wildman–Crippen MR) is 109 cm³/mol. The molecule has 1 heterocycles. The Kier molecular flexibility index (Phi) is 7.01. The van der Waals surface area contributed by atoms with Gasteiger partial charge in [-0.1, -0.05) is 30.3 Å². The van der Waals surface area contributed by atoms with Gasteiger partial charge in [0.1, 0.15) is 6.61 Å². The molecule has 1 amide bonds. The minimum Gasteiger partial charge on any atom is -0.490 e. The van der Waals surface area contributed by atoms with Crippen LogP contribution in [0.25, 0.3) is 0 Å². The zero-order chi connectivity index (χ0) is 19.6. The van der Waals surface area contributed by atoms with E-state index < -0.39 is 0 Å². The van der Waals surface area contributed by atoms with Gasteiger partial charge in [-0.25, -0.2) is 0 Å². The van der Waals surface area contributed by atoms with Crippen molar-refractivity contribution in [2.75, 3.05) is 13.2 Å². The first-order chi connectivity index (χ1) is 13.8. The first-order valence-corrected chi connectivity index (χ1v) is 9.37. The average molecular weight is 376 g/mol. The van der Waals surface area contributed by atoms with Gasteiger partial charge >= 0.3 is 0 Å². The van der Waals surface area contributed by atoms with Gasteiger partial charge in [-0.2, -0.15) is 0 Å². The maximum Gasteiger partial charge on any atom is 0.251 e. The topological polar surface area (TPSA) is 60.5 Å². The van der Waals surface area contributed by atoms with E-state index in [-0.39, 0.29) is 5.91 Å². The zero-order valence-corrected chi connectivity index (χ0v) is 15.9. The van der Waals surface area contributed by atoms with Gasteiger partial charge in [-0.05, 0) is 54.8 Å². The second-order valence-electron chi connectivity index (χ2n) is 6.23. The summed E-state index contributed by atoms with van der Waals surface area (Å²) >= 11 is 0. The third kappa shape index (κ3) is 5.58. The largest absolute Gasteiger partial charge is 0.490 e. The Hall–Kier alpha value is -3.34. The highest BCUT2D eigenvalue weighted by Gasteiger charge is 2.12. The molecule has 2 aromatic carbocycles. The van der Waals surface area contributed by atoms with Crippen molar-refractivity contribution in [3.8, 4) is 11.5 Å². The molecule has 1 aromatic heterocycles. The Bertz CT molecular complexity index is 883. The lowest BCUT2D eigenvalue weighted by atomic mass is 10.1. The summed E-state index contributed by atoms with van der Waals surface area (Å²) in [6, 6.07) is 19.1. The van der Waals surface area contributed by atoms with Gasteiger partial charge in [0.2, 0.25) is 0 Å². The number of hydrogen-bond acceptors (Lipinski definition) is 4. The fourth-order valence-corrected chi connectivity index (χ4v) is 2.74. The number of aromatic nitrogens is 1. The molecule has 144 valence electrons. The fourth-order valence-electron chi connectivity index (χ4n) is 2.74. The summed E-state index contributed by atoms with van der Waals surface area (Å²) in [7, 11) is 0. The van der Waals surface area contributed by atoms with Crippen LogP contribution in [-0.2, 0) is 13.0 Å². The molecule has 5 nitrogen and oxygen atoms in total. The van der Waals surface area contributed by atoms with E-state index in [9.17, 15) is 4.79 Å². The van der Waals surface area contributed by atoms with Crippen LogP contribution in [0.3, 0.4) is 0 Å². The lowest BCUT2D eigenvalue weighted by Gasteiger charge is -2.13. The van der Waals surface area contributed by atoms with Crippen molar-refractivity contribution in [3.63, 3.8) is 0 Å². The minimum absolute atomic E-state index is 0.127. The number of nitrogens with zero attached hydrogens (tertiary/aromatic N) is 1. The summed E-state index contributed by atoms with van der Waals surface area (Å²) in [6.45, 7) is 3.38. The molecule has 0 saturated carbocycles. The molecule has 0 unspecified atom stereocenters. The Morgan fingerprint density at radius 2 is 1.71 bits per heavy atom. The van der Waals surface area contributed by atoms with Crippen molar-refractivity contribution in [2.45, 2.75) is 20.0 Å². The summed E-state index contributed by atoms with van der Waals surface area (Å²) in [5, 5.41) is 2.95. The minimum atomic E-state index is -0.127. The molecule has 28 heavy (non-hydrogen) atoms. The summed E-state index contributed by atoms with van der Waals surface area (Å²) in [6.07, 6.45) is 4.24. The van der Waals surface area contributed by atoms with Crippen LogP contribution in [0, 0.1) is 0 Å². The molecule has 0 spiro atoms. The molecule has 0 atom stereocenters. The van der Waals surface area contributed by atoms with Crippen LogP contribution >= 0.6 is 0 Å². The van der Waals surface area contributed by atoms with Crippen molar-refractivity contribution in [1.82, 2.24) is 10.3 Å². The van der Waals surface area contributed by atoms with Gasteiger partial charge in [0.15, 0.2) is 11.5 Å². The van der Waals surface area contributed by atoms with Crippen LogP contribution in [0.15, 0.2) is 73.1 Å². The fraction of sp³-hybridized carbons (Fsp3) is 0.217. The number of nitrogens with one attached hydrogen (secondary N) is 1. The normalized spacial score (nSPS) is 10.3. The number of benzene rings is 2. The van der Waals surface area contributed by atoms with Crippen LogP contribution in [0.4, 0.5) is 0 Å². The molecular formula is C23H24N2O3. The molecule has 0 fully saturated rings. The Balaban J connectivity index is 1.61. The highest BCUT2D eigenvalue weighted by Crippen LogP contribution is 2.29. The number of carbonyl (C=O) groups is 1. The van der Waals surface area contributed by atoms with E-state index in [1.807, 2.05) is 49.4 Å². The van der Waals surface area contributed by atoms with Gasteiger partial charge in [0.25, 0.3) is 5.91 Å². The molecule has 0 bridgehead atoms. The summed E-state index contributed by atoms with van der Waals surface area (Å²) in [4.78, 5) is 16.5. The summed E-state index contributed by atoms with van der Waals surface area (Å²) < 4.78 is 11.5. The molecule has 1 N–H and O–H groups in total. The monoisotopic (exact) mass is 376 g/mol. The molecule has 0 radical (unpaired) electrons. The second-order valence-corrected chi connectivity index (χ2v) is 6.23. The van der Waals surface area contributed by atoms with E-state index in [4.69, 9.17) is 9.47 Å². The number of hydrogen-bond donors (Lipinski definition) is 1. The lowest BCUT2D eigenvalue weighted by molar-refractivity contribution is 0.0953. The van der Waals surface area contributed by atoms with Crippen LogP contribution in [-0.4, -0.2) is 24.0 Å². The van der Waals surface area contributed by atoms with Gasteiger partial charge in [0.05, 0.1) is 6.61 Å². The maximum atomic E-state index is 12.5. The van der Waals surface area contributed by atoms with Crippen molar-refractivity contribution >= 4 is 5.91 Å². The van der Waals surface area contributed by atoms with Gasteiger partial charge < -0.3 is 14.8 Å². The van der Waals surface area contributed by atoms with Gasteiger partial charge in [0, 0.05) is 24.5 Å². The number of rotatable bonds is 9. The SMILES string of the molecule is CCOc1cc(C(=O)NCCc2ccccc2)ccc1OCc1ccncc1. The smallest absolute Gasteiger partial charge is 0.251 e. The maximum absolute atomic E-state index is 12.5. The van der Waals surface area contributed by atoms with E-state index in [1.54, 1.807) is 30.6 Å². The molecule has 0 aliphatic rings. The molecule has 5 heteroatoms. The second kappa shape index (κ2) is 10.1. The number of ether oxygens (including phenoxy) is 2. The van der Waals surface area contributed by atoms with E-state index in [0.717, 1.165) is 12.0 Å². The lowest BCUT2D eigenvalue weighted by Crippen LogP contribution is -2.25. The van der Waals surface area contributed by atoms with Gasteiger partial charge in [-0.15, -0.1) is 0 Å². The van der Waals surface area contributed by atoms with Crippen LogP contribution < -0.4 is 14.8 Å². The molecule has 3 rings (SSSR count). The molecule has 0 saturated heterocycles. The Morgan fingerprint density at radius 1 is 0.929 bits per heavy atom. The number of carbonyl (C=O) groups excluding carboxylic acids is 1. The number of pyridine rings is 1. The average Bonchev–Trinajstić information content (AvgIpc) is 2.74. The van der Waals surface area contributed by atoms with Crippen molar-refractivity contribution in [1.29, 1.82) is 0 Å². The standard InChI is InChI=1S/C23H24N2O3/c1-2-27-22-16-20(23(26)25-15-12-18-6-4-3-5-7-18)8-9-21(22)28-17-19-10-13-24-14-11-19/h3-11,13-14,16H,2,12,15,17H2,1H3,(H,25,26). The van der Waals surface area contributed by atoms with Crippen LogP contribution in [0.2, 0.25) is 0 Å². The van der Waals surface area contributed by atoms with E-state index in [2.05, 4.69) is 10.3 Å². The highest BCUT2D eigenvalue weighted by molar-refractivity contribution is 5.94. The first kappa shape index (κ1) is 19.4. The van der Waals surface area contributed by atoms with E-state index in [1.165, 1.54) is 5.56 Å². The highest BCUT2D eigenvalue weighted by atomic mass is 16.5. The first-order valence-electron chi connectivity index (χ1n) is 9.37. The quantitative estimate of drug-likeness (QED) is 0.612. The van der Waals surface area contributed by atoms with Crippen molar-refractivity contribution < 1.29 is 14.3 Å². The predicted octanol–water partition coefficient (Wildman–Crippen LogP) is 4.03. The third-order valence-electron chi connectivity index (χ3n) is 4.19. The molecule has 0 aliphatic carbocycles. The van der Waals surface area contributed by atoms with Crippen LogP contribution in [0.5, 0.6) is 11.5 Å². The van der Waals surface area contributed by atoms with Gasteiger partial charge in [-0.3, -0.25) is 9.78 Å². The van der Waals surface area contributed by atoms with E-state index in [0.29, 0.717) is 36.8 Å². The summed E-state index contributed by atoms with van der Waals surface area (Å²) in [5.41, 5.74) is 2.76. The number of amides is 1. The Morgan fingerprint density at radius 3 is 2.46 bits per heavy atom. The Labute approximate surface area is 165 Å². The molecule has 3 aromatic rings. The molecule has 0 aliphatic heterocycles. The molecular weight excluding hydrogens is 352 g/mol. The van der Waals surface area contributed by atoms with Crippen molar-refractivity contribution in [2.24, 2.45) is 0 Å². The summed E-state index contributed by atoms with van der Waals surface area (Å²) in [5.74, 6) is 1.05. The van der Waals surface area contributed by atoms with E-state index >= 15 is 0 Å². The third-order valence-corrected chi connectivity index (χ3v) is 4.19.